The van der Waals surface area contributed by atoms with Crippen molar-refractivity contribution >= 4 is 5.91 Å². The summed E-state index contributed by atoms with van der Waals surface area (Å²) in [6.45, 7) is 1.61. The molecule has 3 N–H and O–H groups in total. The first-order valence-corrected chi connectivity index (χ1v) is 6.86. The molecule has 6 nitrogen and oxygen atoms in total. The first-order chi connectivity index (χ1) is 9.13. The second kappa shape index (κ2) is 6.65. The summed E-state index contributed by atoms with van der Waals surface area (Å²) in [5, 5.41) is 22.7. The van der Waals surface area contributed by atoms with Crippen LogP contribution in [0, 0.1) is 11.8 Å². The maximum atomic E-state index is 12.1. The topological polar surface area (TPSA) is 88.0 Å². The average molecular weight is 273 g/mol. The fraction of sp³-hybridized carbons (Fsp3) is 0.923. The Balaban J connectivity index is 1.86. The van der Waals surface area contributed by atoms with Crippen LogP contribution >= 0.6 is 0 Å². The molecule has 1 saturated carbocycles. The van der Waals surface area contributed by atoms with E-state index in [1.54, 1.807) is 7.11 Å². The van der Waals surface area contributed by atoms with Crippen molar-refractivity contribution in [3.63, 3.8) is 0 Å². The number of carbonyl (C=O) groups excluding carboxylic acids is 1. The summed E-state index contributed by atoms with van der Waals surface area (Å²) in [6, 6.07) is -0.384. The lowest BCUT2D eigenvalue weighted by atomic mass is 9.98. The van der Waals surface area contributed by atoms with Crippen molar-refractivity contribution in [1.29, 1.82) is 0 Å². The molecular weight excluding hydrogens is 250 g/mol. The zero-order valence-corrected chi connectivity index (χ0v) is 11.2. The molecule has 19 heavy (non-hydrogen) atoms. The number of hydrogen-bond donors (Lipinski definition) is 3. The van der Waals surface area contributed by atoms with Crippen LogP contribution in [0.3, 0.4) is 0 Å². The van der Waals surface area contributed by atoms with Crippen LogP contribution in [0.15, 0.2) is 0 Å². The predicted octanol–water partition coefficient (Wildman–Crippen LogP) is -0.714. The van der Waals surface area contributed by atoms with E-state index in [-0.39, 0.29) is 23.8 Å². The van der Waals surface area contributed by atoms with Crippen LogP contribution < -0.4 is 5.32 Å². The average Bonchev–Trinajstić information content (AvgIpc) is 2.69. The Labute approximate surface area is 113 Å². The number of aliphatic hydroxyl groups is 2. The Morgan fingerprint density at radius 3 is 2.63 bits per heavy atom. The highest BCUT2D eigenvalue weighted by Gasteiger charge is 2.42. The van der Waals surface area contributed by atoms with Crippen LogP contribution in [-0.4, -0.2) is 61.3 Å². The van der Waals surface area contributed by atoms with Crippen molar-refractivity contribution in [2.75, 3.05) is 26.9 Å². The number of rotatable bonds is 4. The lowest BCUT2D eigenvalue weighted by molar-refractivity contribution is -0.129. The molecule has 0 spiro atoms. The van der Waals surface area contributed by atoms with E-state index in [0.29, 0.717) is 26.2 Å². The minimum Gasteiger partial charge on any atom is -0.390 e. The fourth-order valence-corrected chi connectivity index (χ4v) is 2.91. The number of aliphatic hydroxyl groups excluding tert-OH is 2. The summed E-state index contributed by atoms with van der Waals surface area (Å²) in [4.78, 5) is 12.1. The Morgan fingerprint density at radius 1 is 1.32 bits per heavy atom. The molecule has 6 heteroatoms. The molecule has 0 radical (unpaired) electrons. The smallest absolute Gasteiger partial charge is 0.223 e. The summed E-state index contributed by atoms with van der Waals surface area (Å²) >= 11 is 0. The number of hydrogen-bond acceptors (Lipinski definition) is 5. The first kappa shape index (κ1) is 14.7. The van der Waals surface area contributed by atoms with Gasteiger partial charge < -0.3 is 25.0 Å². The molecule has 0 aromatic carbocycles. The molecule has 1 heterocycles. The van der Waals surface area contributed by atoms with Gasteiger partial charge in [-0.2, -0.15) is 0 Å². The van der Waals surface area contributed by atoms with Gasteiger partial charge in [-0.25, -0.2) is 0 Å². The molecule has 4 unspecified atom stereocenters. The van der Waals surface area contributed by atoms with Gasteiger partial charge in [-0.05, 0) is 19.3 Å². The van der Waals surface area contributed by atoms with E-state index in [9.17, 15) is 15.0 Å². The predicted molar refractivity (Wildman–Crippen MR) is 67.5 cm³/mol. The standard InChI is InChI=1S/C13H23NO5/c1-18-7-9-6-10(12(16)11(9)15)14-13(17)8-2-4-19-5-3-8/h8-12,15-16H,2-7H2,1H3,(H,14,17). The molecule has 0 aromatic heterocycles. The van der Waals surface area contributed by atoms with Gasteiger partial charge in [0.1, 0.15) is 6.10 Å². The maximum absolute atomic E-state index is 12.1. The molecule has 1 amide bonds. The van der Waals surface area contributed by atoms with E-state index in [4.69, 9.17) is 9.47 Å². The fourth-order valence-electron chi connectivity index (χ4n) is 2.91. The van der Waals surface area contributed by atoms with Gasteiger partial charge in [0, 0.05) is 32.2 Å². The highest BCUT2D eigenvalue weighted by Crippen LogP contribution is 2.27. The zero-order chi connectivity index (χ0) is 13.8. The van der Waals surface area contributed by atoms with Crippen molar-refractivity contribution in [2.24, 2.45) is 11.8 Å². The molecule has 1 saturated heterocycles. The normalized spacial score (nSPS) is 36.4. The van der Waals surface area contributed by atoms with Gasteiger partial charge in [0.2, 0.25) is 5.91 Å². The van der Waals surface area contributed by atoms with E-state index in [1.807, 2.05) is 0 Å². The van der Waals surface area contributed by atoms with Crippen molar-refractivity contribution in [3.8, 4) is 0 Å². The third kappa shape index (κ3) is 3.45. The number of nitrogens with one attached hydrogen (secondary N) is 1. The van der Waals surface area contributed by atoms with Crippen molar-refractivity contribution in [1.82, 2.24) is 5.32 Å². The largest absolute Gasteiger partial charge is 0.390 e. The van der Waals surface area contributed by atoms with Gasteiger partial charge in [0.05, 0.1) is 18.8 Å². The molecule has 4 atom stereocenters. The summed E-state index contributed by atoms with van der Waals surface area (Å²) in [7, 11) is 1.56. The van der Waals surface area contributed by atoms with Crippen molar-refractivity contribution in [3.05, 3.63) is 0 Å². The summed E-state index contributed by atoms with van der Waals surface area (Å²) in [5.74, 6) is -0.211. The van der Waals surface area contributed by atoms with Gasteiger partial charge in [0.15, 0.2) is 0 Å². The monoisotopic (exact) mass is 273 g/mol. The molecule has 1 aliphatic heterocycles. The van der Waals surface area contributed by atoms with E-state index < -0.39 is 12.2 Å². The van der Waals surface area contributed by atoms with E-state index in [2.05, 4.69) is 5.32 Å². The molecule has 2 aliphatic rings. The van der Waals surface area contributed by atoms with Crippen LogP contribution in [0.5, 0.6) is 0 Å². The molecule has 0 aromatic rings. The molecule has 2 rings (SSSR count). The van der Waals surface area contributed by atoms with Gasteiger partial charge in [-0.1, -0.05) is 0 Å². The summed E-state index contributed by atoms with van der Waals surface area (Å²) in [6.07, 6.45) is 0.242. The highest BCUT2D eigenvalue weighted by molar-refractivity contribution is 5.79. The molecule has 2 fully saturated rings. The lowest BCUT2D eigenvalue weighted by Gasteiger charge is -2.24. The Hall–Kier alpha value is -0.690. The summed E-state index contributed by atoms with van der Waals surface area (Å²) in [5.41, 5.74) is 0. The van der Waals surface area contributed by atoms with Crippen LogP contribution in [-0.2, 0) is 14.3 Å². The first-order valence-electron chi connectivity index (χ1n) is 6.86. The van der Waals surface area contributed by atoms with Crippen LogP contribution in [0.1, 0.15) is 19.3 Å². The third-order valence-electron chi connectivity index (χ3n) is 4.10. The second-order valence-corrected chi connectivity index (χ2v) is 5.43. The minimum absolute atomic E-state index is 0.0421. The van der Waals surface area contributed by atoms with E-state index in [0.717, 1.165) is 12.8 Å². The van der Waals surface area contributed by atoms with Gasteiger partial charge in [-0.15, -0.1) is 0 Å². The van der Waals surface area contributed by atoms with Crippen molar-refractivity contribution in [2.45, 2.75) is 37.5 Å². The zero-order valence-electron chi connectivity index (χ0n) is 11.2. The molecular formula is C13H23NO5. The highest BCUT2D eigenvalue weighted by atomic mass is 16.5. The third-order valence-corrected chi connectivity index (χ3v) is 4.10. The van der Waals surface area contributed by atoms with Gasteiger partial charge >= 0.3 is 0 Å². The molecule has 110 valence electrons. The van der Waals surface area contributed by atoms with Crippen LogP contribution in [0.2, 0.25) is 0 Å². The quantitative estimate of drug-likeness (QED) is 0.629. The Bertz CT molecular complexity index is 305. The number of amides is 1. The number of ether oxygens (including phenoxy) is 2. The molecule has 1 aliphatic carbocycles. The van der Waals surface area contributed by atoms with Gasteiger partial charge in [0.25, 0.3) is 0 Å². The lowest BCUT2D eigenvalue weighted by Crippen LogP contribution is -2.46. The van der Waals surface area contributed by atoms with Crippen LogP contribution in [0.25, 0.3) is 0 Å². The maximum Gasteiger partial charge on any atom is 0.223 e. The Morgan fingerprint density at radius 2 is 2.00 bits per heavy atom. The van der Waals surface area contributed by atoms with E-state index in [1.165, 1.54) is 0 Å². The van der Waals surface area contributed by atoms with Gasteiger partial charge in [-0.3, -0.25) is 4.79 Å². The van der Waals surface area contributed by atoms with Crippen molar-refractivity contribution < 1.29 is 24.5 Å². The number of carbonyl (C=O) groups is 1. The second-order valence-electron chi connectivity index (χ2n) is 5.43. The number of methoxy groups -OCH3 is 1. The Kier molecular flexibility index (Phi) is 5.15. The van der Waals surface area contributed by atoms with Crippen LogP contribution in [0.4, 0.5) is 0 Å². The van der Waals surface area contributed by atoms with E-state index >= 15 is 0 Å². The summed E-state index contributed by atoms with van der Waals surface area (Å²) < 4.78 is 10.2. The minimum atomic E-state index is -0.913. The molecule has 0 bridgehead atoms. The SMILES string of the molecule is COCC1CC(NC(=O)C2CCOCC2)C(O)C1O.